The van der Waals surface area contributed by atoms with Gasteiger partial charge in [-0.15, -0.1) is 0 Å². The number of aliphatic hydroxyl groups is 1. The van der Waals surface area contributed by atoms with Crippen molar-refractivity contribution >= 4 is 5.96 Å². The van der Waals surface area contributed by atoms with Gasteiger partial charge in [-0.3, -0.25) is 4.99 Å². The van der Waals surface area contributed by atoms with E-state index in [4.69, 9.17) is 4.74 Å². The molecule has 0 spiro atoms. The van der Waals surface area contributed by atoms with Gasteiger partial charge in [0.15, 0.2) is 5.96 Å². The van der Waals surface area contributed by atoms with E-state index in [0.717, 1.165) is 38.0 Å². The number of nitrogens with one attached hydrogen (secondary N) is 2. The van der Waals surface area contributed by atoms with Crippen molar-refractivity contribution in [2.45, 2.75) is 39.2 Å². The van der Waals surface area contributed by atoms with E-state index < -0.39 is 6.10 Å². The summed E-state index contributed by atoms with van der Waals surface area (Å²) < 4.78 is 5.43. The van der Waals surface area contributed by atoms with Gasteiger partial charge in [0.05, 0.1) is 19.3 Å². The number of hydrogen-bond donors (Lipinski definition) is 3. The van der Waals surface area contributed by atoms with Gasteiger partial charge in [0.25, 0.3) is 0 Å². The van der Waals surface area contributed by atoms with Crippen molar-refractivity contribution in [2.24, 2.45) is 10.9 Å². The molecule has 0 heterocycles. The molecule has 0 amide bonds. The Morgan fingerprint density at radius 2 is 2.17 bits per heavy atom. The molecule has 0 aromatic carbocycles. The number of rotatable bonds is 9. The smallest absolute Gasteiger partial charge is 0.191 e. The second kappa shape index (κ2) is 9.16. The van der Waals surface area contributed by atoms with E-state index in [9.17, 15) is 5.11 Å². The van der Waals surface area contributed by atoms with E-state index in [1.165, 1.54) is 12.8 Å². The molecule has 0 bridgehead atoms. The van der Waals surface area contributed by atoms with E-state index in [2.05, 4.69) is 22.5 Å². The predicted molar refractivity (Wildman–Crippen MR) is 73.8 cm³/mol. The zero-order chi connectivity index (χ0) is 13.2. The highest BCUT2D eigenvalue weighted by molar-refractivity contribution is 5.79. The summed E-state index contributed by atoms with van der Waals surface area (Å²) in [6.45, 7) is 7.39. The Morgan fingerprint density at radius 1 is 1.39 bits per heavy atom. The molecule has 1 rings (SSSR count). The second-order valence-corrected chi connectivity index (χ2v) is 4.78. The standard InChI is InChI=1S/C13H27N3O2/c1-3-7-15-13(14-4-2)16-8-12(17)10-18-9-11-5-6-11/h11-12,17H,3-10H2,1-2H3,(H2,14,15,16). The highest BCUT2D eigenvalue weighted by Gasteiger charge is 2.21. The first-order valence-corrected chi connectivity index (χ1v) is 7.04. The molecule has 5 heteroatoms. The predicted octanol–water partition coefficient (Wildman–Crippen LogP) is 0.739. The molecule has 18 heavy (non-hydrogen) atoms. The lowest BCUT2D eigenvalue weighted by atomic mass is 10.4. The summed E-state index contributed by atoms with van der Waals surface area (Å²) in [6.07, 6.45) is 3.09. The molecule has 0 aromatic rings. The molecule has 0 aliphatic heterocycles. The fourth-order valence-corrected chi connectivity index (χ4v) is 1.49. The van der Waals surface area contributed by atoms with Crippen molar-refractivity contribution in [3.05, 3.63) is 0 Å². The second-order valence-electron chi connectivity index (χ2n) is 4.78. The van der Waals surface area contributed by atoms with Gasteiger partial charge in [-0.25, -0.2) is 0 Å². The van der Waals surface area contributed by atoms with Gasteiger partial charge >= 0.3 is 0 Å². The van der Waals surface area contributed by atoms with Gasteiger partial charge in [-0.1, -0.05) is 6.92 Å². The van der Waals surface area contributed by atoms with Crippen LogP contribution in [0.4, 0.5) is 0 Å². The average molecular weight is 257 g/mol. The summed E-state index contributed by atoms with van der Waals surface area (Å²) in [4.78, 5) is 4.33. The van der Waals surface area contributed by atoms with Crippen LogP contribution < -0.4 is 10.6 Å². The van der Waals surface area contributed by atoms with Crippen LogP contribution in [-0.2, 0) is 4.74 Å². The fourth-order valence-electron chi connectivity index (χ4n) is 1.49. The maximum absolute atomic E-state index is 9.74. The van der Waals surface area contributed by atoms with Crippen LogP contribution in [0, 0.1) is 5.92 Å². The molecule has 1 saturated carbocycles. The van der Waals surface area contributed by atoms with Crippen LogP contribution in [-0.4, -0.2) is 50.0 Å². The lowest BCUT2D eigenvalue weighted by Gasteiger charge is -2.12. The molecular formula is C13H27N3O2. The largest absolute Gasteiger partial charge is 0.389 e. The summed E-state index contributed by atoms with van der Waals surface area (Å²) >= 11 is 0. The Balaban J connectivity index is 2.14. The lowest BCUT2D eigenvalue weighted by molar-refractivity contribution is 0.0368. The van der Waals surface area contributed by atoms with Crippen LogP contribution >= 0.6 is 0 Å². The van der Waals surface area contributed by atoms with Crippen molar-refractivity contribution in [3.63, 3.8) is 0 Å². The minimum atomic E-state index is -0.513. The molecule has 0 aromatic heterocycles. The number of aliphatic imine (C=N–C) groups is 1. The summed E-state index contributed by atoms with van der Waals surface area (Å²) in [5, 5.41) is 16.1. The van der Waals surface area contributed by atoms with Crippen LogP contribution in [0.25, 0.3) is 0 Å². The summed E-state index contributed by atoms with van der Waals surface area (Å²) in [6, 6.07) is 0. The van der Waals surface area contributed by atoms with E-state index in [-0.39, 0.29) is 0 Å². The van der Waals surface area contributed by atoms with E-state index in [0.29, 0.717) is 13.2 Å². The zero-order valence-corrected chi connectivity index (χ0v) is 11.6. The van der Waals surface area contributed by atoms with Crippen LogP contribution in [0.15, 0.2) is 4.99 Å². The van der Waals surface area contributed by atoms with Gasteiger partial charge in [-0.05, 0) is 32.1 Å². The van der Waals surface area contributed by atoms with Crippen molar-refractivity contribution in [3.8, 4) is 0 Å². The van der Waals surface area contributed by atoms with Crippen molar-refractivity contribution in [2.75, 3.05) is 32.8 Å². The Bertz CT molecular complexity index is 242. The Hall–Kier alpha value is -0.810. The van der Waals surface area contributed by atoms with Crippen molar-refractivity contribution in [1.29, 1.82) is 0 Å². The first kappa shape index (κ1) is 15.2. The number of guanidine groups is 1. The van der Waals surface area contributed by atoms with Gasteiger partial charge in [0, 0.05) is 19.7 Å². The van der Waals surface area contributed by atoms with Gasteiger partial charge in [-0.2, -0.15) is 0 Å². The van der Waals surface area contributed by atoms with Crippen LogP contribution in [0.3, 0.4) is 0 Å². The Labute approximate surface area is 110 Å². The molecular weight excluding hydrogens is 230 g/mol. The topological polar surface area (TPSA) is 65.9 Å². The third kappa shape index (κ3) is 7.50. The minimum Gasteiger partial charge on any atom is -0.389 e. The zero-order valence-electron chi connectivity index (χ0n) is 11.6. The minimum absolute atomic E-state index is 0.379. The lowest BCUT2D eigenvalue weighted by Crippen LogP contribution is -2.38. The number of nitrogens with zero attached hydrogens (tertiary/aromatic N) is 1. The van der Waals surface area contributed by atoms with Crippen LogP contribution in [0.2, 0.25) is 0 Å². The van der Waals surface area contributed by atoms with E-state index in [1.54, 1.807) is 0 Å². The molecule has 106 valence electrons. The summed E-state index contributed by atoms with van der Waals surface area (Å²) in [5.41, 5.74) is 0. The molecule has 1 aliphatic carbocycles. The fraction of sp³-hybridized carbons (Fsp3) is 0.923. The first-order chi connectivity index (χ1) is 8.76. The highest BCUT2D eigenvalue weighted by atomic mass is 16.5. The van der Waals surface area contributed by atoms with Crippen LogP contribution in [0.1, 0.15) is 33.1 Å². The maximum Gasteiger partial charge on any atom is 0.191 e. The number of aliphatic hydroxyl groups excluding tert-OH is 1. The Morgan fingerprint density at radius 3 is 2.78 bits per heavy atom. The summed E-state index contributed by atoms with van der Waals surface area (Å²) in [7, 11) is 0. The monoisotopic (exact) mass is 257 g/mol. The average Bonchev–Trinajstić information content (AvgIpc) is 3.17. The normalized spacial score (nSPS) is 17.6. The molecule has 0 saturated heterocycles. The summed E-state index contributed by atoms with van der Waals surface area (Å²) in [5.74, 6) is 1.50. The third-order valence-electron chi connectivity index (χ3n) is 2.71. The third-order valence-corrected chi connectivity index (χ3v) is 2.71. The van der Waals surface area contributed by atoms with E-state index in [1.807, 2.05) is 6.92 Å². The quantitative estimate of drug-likeness (QED) is 0.421. The van der Waals surface area contributed by atoms with Gasteiger partial charge < -0.3 is 20.5 Å². The van der Waals surface area contributed by atoms with Gasteiger partial charge in [0.2, 0.25) is 0 Å². The molecule has 0 radical (unpaired) electrons. The highest BCUT2D eigenvalue weighted by Crippen LogP contribution is 2.28. The maximum atomic E-state index is 9.74. The SMILES string of the molecule is CCCNC(=NCC(O)COCC1CC1)NCC. The van der Waals surface area contributed by atoms with E-state index >= 15 is 0 Å². The van der Waals surface area contributed by atoms with Crippen LogP contribution in [0.5, 0.6) is 0 Å². The number of ether oxygens (including phenoxy) is 1. The molecule has 5 nitrogen and oxygen atoms in total. The molecule has 3 N–H and O–H groups in total. The molecule has 1 fully saturated rings. The molecule has 1 unspecified atom stereocenters. The molecule has 1 aliphatic rings. The van der Waals surface area contributed by atoms with Crippen molar-refractivity contribution < 1.29 is 9.84 Å². The molecule has 1 atom stereocenters. The Kier molecular flexibility index (Phi) is 7.76. The van der Waals surface area contributed by atoms with Gasteiger partial charge in [0.1, 0.15) is 0 Å². The number of hydrogen-bond acceptors (Lipinski definition) is 3. The first-order valence-electron chi connectivity index (χ1n) is 7.04. The van der Waals surface area contributed by atoms with Crippen molar-refractivity contribution in [1.82, 2.24) is 10.6 Å².